The topological polar surface area (TPSA) is 58.6 Å². The Hall–Kier alpha value is -1.69. The fourth-order valence-electron chi connectivity index (χ4n) is 2.78. The average molecular weight is 276 g/mol. The van der Waals surface area contributed by atoms with E-state index in [-0.39, 0.29) is 11.8 Å². The third-order valence-corrected chi connectivity index (χ3v) is 3.94. The zero-order valence-corrected chi connectivity index (χ0v) is 11.6. The van der Waals surface area contributed by atoms with Crippen molar-refractivity contribution < 1.29 is 9.53 Å². The van der Waals surface area contributed by atoms with Gasteiger partial charge in [0.05, 0.1) is 12.5 Å². The summed E-state index contributed by atoms with van der Waals surface area (Å²) in [6, 6.07) is 1.81. The minimum Gasteiger partial charge on any atom is -0.381 e. The quantitative estimate of drug-likeness (QED) is 0.789. The monoisotopic (exact) mass is 276 g/mol. The van der Waals surface area contributed by atoms with Crippen molar-refractivity contribution >= 4 is 11.9 Å². The highest BCUT2D eigenvalue weighted by Gasteiger charge is 2.29. The van der Waals surface area contributed by atoms with Gasteiger partial charge in [0.1, 0.15) is 0 Å². The van der Waals surface area contributed by atoms with Gasteiger partial charge in [0, 0.05) is 45.2 Å². The molecular formula is C14H20N4O2. The highest BCUT2D eigenvalue weighted by molar-refractivity contribution is 5.79. The molecule has 6 nitrogen and oxygen atoms in total. The molecule has 2 aliphatic heterocycles. The summed E-state index contributed by atoms with van der Waals surface area (Å²) in [7, 11) is 0. The van der Waals surface area contributed by atoms with Crippen LogP contribution in [-0.2, 0) is 9.53 Å². The van der Waals surface area contributed by atoms with Crippen LogP contribution in [0, 0.1) is 5.92 Å². The minimum absolute atomic E-state index is 0.0586. The van der Waals surface area contributed by atoms with E-state index in [4.69, 9.17) is 4.74 Å². The van der Waals surface area contributed by atoms with E-state index in [0.29, 0.717) is 6.61 Å². The molecule has 3 heterocycles. The van der Waals surface area contributed by atoms with Gasteiger partial charge in [-0.25, -0.2) is 9.97 Å². The predicted molar refractivity (Wildman–Crippen MR) is 74.4 cm³/mol. The molecule has 2 fully saturated rings. The molecule has 0 saturated carbocycles. The van der Waals surface area contributed by atoms with E-state index in [2.05, 4.69) is 14.9 Å². The van der Waals surface area contributed by atoms with E-state index in [1.807, 2.05) is 11.0 Å². The third kappa shape index (κ3) is 2.90. The number of piperazine rings is 1. The Kier molecular flexibility index (Phi) is 4.11. The second-order valence-electron chi connectivity index (χ2n) is 5.28. The normalized spacial score (nSPS) is 23.7. The molecule has 1 atom stereocenters. The number of hydrogen-bond acceptors (Lipinski definition) is 5. The van der Waals surface area contributed by atoms with Crippen molar-refractivity contribution in [2.45, 2.75) is 12.8 Å². The van der Waals surface area contributed by atoms with Crippen LogP contribution in [0.15, 0.2) is 18.5 Å². The van der Waals surface area contributed by atoms with Gasteiger partial charge in [-0.1, -0.05) is 0 Å². The Morgan fingerprint density at radius 2 is 1.95 bits per heavy atom. The Morgan fingerprint density at radius 1 is 1.20 bits per heavy atom. The van der Waals surface area contributed by atoms with Gasteiger partial charge in [0.15, 0.2) is 0 Å². The van der Waals surface area contributed by atoms with Gasteiger partial charge in [0.2, 0.25) is 11.9 Å². The van der Waals surface area contributed by atoms with Crippen molar-refractivity contribution in [2.24, 2.45) is 5.92 Å². The van der Waals surface area contributed by atoms with E-state index in [9.17, 15) is 4.79 Å². The summed E-state index contributed by atoms with van der Waals surface area (Å²) in [6.07, 6.45) is 5.45. The Balaban J connectivity index is 1.54. The number of amides is 1. The lowest BCUT2D eigenvalue weighted by Crippen LogP contribution is -2.51. The van der Waals surface area contributed by atoms with E-state index in [1.165, 1.54) is 0 Å². The summed E-state index contributed by atoms with van der Waals surface area (Å²) in [4.78, 5) is 25.0. The van der Waals surface area contributed by atoms with Gasteiger partial charge in [0.25, 0.3) is 0 Å². The number of nitrogens with zero attached hydrogens (tertiary/aromatic N) is 4. The molecule has 0 spiro atoms. The van der Waals surface area contributed by atoms with Gasteiger partial charge >= 0.3 is 0 Å². The lowest BCUT2D eigenvalue weighted by atomic mass is 10.0. The predicted octanol–water partition coefficient (Wildman–Crippen LogP) is 0.552. The maximum absolute atomic E-state index is 12.4. The van der Waals surface area contributed by atoms with Crippen molar-refractivity contribution in [1.29, 1.82) is 0 Å². The molecule has 1 aromatic rings. The van der Waals surface area contributed by atoms with Crippen molar-refractivity contribution in [3.05, 3.63) is 18.5 Å². The number of carbonyl (C=O) groups excluding carboxylic acids is 1. The molecule has 6 heteroatoms. The number of carbonyl (C=O) groups is 1. The minimum atomic E-state index is 0.0586. The van der Waals surface area contributed by atoms with Crippen molar-refractivity contribution in [2.75, 3.05) is 44.3 Å². The van der Waals surface area contributed by atoms with Crippen LogP contribution in [0.25, 0.3) is 0 Å². The molecule has 0 radical (unpaired) electrons. The van der Waals surface area contributed by atoms with Crippen LogP contribution in [-0.4, -0.2) is 60.2 Å². The number of anilines is 1. The molecular weight excluding hydrogens is 256 g/mol. The average Bonchev–Trinajstić information content (AvgIpc) is 2.56. The van der Waals surface area contributed by atoms with Crippen LogP contribution in [0.4, 0.5) is 5.95 Å². The van der Waals surface area contributed by atoms with Gasteiger partial charge in [-0.05, 0) is 18.9 Å². The van der Waals surface area contributed by atoms with Crippen LogP contribution in [0.1, 0.15) is 12.8 Å². The fraction of sp³-hybridized carbons (Fsp3) is 0.643. The van der Waals surface area contributed by atoms with Crippen LogP contribution in [0.5, 0.6) is 0 Å². The number of aromatic nitrogens is 2. The maximum Gasteiger partial charge on any atom is 0.228 e. The molecule has 108 valence electrons. The Bertz CT molecular complexity index is 440. The molecule has 0 aliphatic carbocycles. The largest absolute Gasteiger partial charge is 0.381 e. The first kappa shape index (κ1) is 13.3. The molecule has 3 rings (SSSR count). The van der Waals surface area contributed by atoms with Crippen LogP contribution < -0.4 is 4.90 Å². The van der Waals surface area contributed by atoms with E-state index in [0.717, 1.165) is 51.6 Å². The highest BCUT2D eigenvalue weighted by Crippen LogP contribution is 2.18. The molecule has 0 aromatic carbocycles. The fourth-order valence-corrected chi connectivity index (χ4v) is 2.78. The summed E-state index contributed by atoms with van der Waals surface area (Å²) in [5, 5.41) is 0. The standard InChI is InChI=1S/C14H20N4O2/c19-13(12-3-1-10-20-11-12)17-6-8-18(9-7-17)14-15-4-2-5-16-14/h2,4-5,12H,1,3,6-11H2. The summed E-state index contributed by atoms with van der Waals surface area (Å²) in [5.74, 6) is 1.06. The second-order valence-corrected chi connectivity index (χ2v) is 5.28. The Labute approximate surface area is 118 Å². The lowest BCUT2D eigenvalue weighted by Gasteiger charge is -2.37. The van der Waals surface area contributed by atoms with Crippen molar-refractivity contribution in [3.8, 4) is 0 Å². The summed E-state index contributed by atoms with van der Waals surface area (Å²) >= 11 is 0. The third-order valence-electron chi connectivity index (χ3n) is 3.94. The first-order valence-corrected chi connectivity index (χ1v) is 7.23. The SMILES string of the molecule is O=C(C1CCCOC1)N1CCN(c2ncccn2)CC1. The second kappa shape index (κ2) is 6.17. The number of hydrogen-bond donors (Lipinski definition) is 0. The van der Waals surface area contributed by atoms with Gasteiger partial charge in [-0.3, -0.25) is 4.79 Å². The van der Waals surface area contributed by atoms with Gasteiger partial charge in [-0.2, -0.15) is 0 Å². The molecule has 1 unspecified atom stereocenters. The first-order valence-electron chi connectivity index (χ1n) is 7.23. The van der Waals surface area contributed by atoms with Crippen LogP contribution >= 0.6 is 0 Å². The van der Waals surface area contributed by atoms with E-state index in [1.54, 1.807) is 12.4 Å². The summed E-state index contributed by atoms with van der Waals surface area (Å²) < 4.78 is 5.41. The summed E-state index contributed by atoms with van der Waals surface area (Å²) in [5.41, 5.74) is 0. The van der Waals surface area contributed by atoms with Crippen LogP contribution in [0.2, 0.25) is 0 Å². The first-order chi connectivity index (χ1) is 9.84. The molecule has 1 amide bonds. The molecule has 20 heavy (non-hydrogen) atoms. The molecule has 2 saturated heterocycles. The maximum atomic E-state index is 12.4. The number of ether oxygens (including phenoxy) is 1. The van der Waals surface area contributed by atoms with Crippen molar-refractivity contribution in [1.82, 2.24) is 14.9 Å². The molecule has 2 aliphatic rings. The van der Waals surface area contributed by atoms with Crippen LogP contribution in [0.3, 0.4) is 0 Å². The molecule has 0 bridgehead atoms. The van der Waals surface area contributed by atoms with Gasteiger partial charge < -0.3 is 14.5 Å². The molecule has 1 aromatic heterocycles. The van der Waals surface area contributed by atoms with Crippen molar-refractivity contribution in [3.63, 3.8) is 0 Å². The zero-order chi connectivity index (χ0) is 13.8. The smallest absolute Gasteiger partial charge is 0.228 e. The summed E-state index contributed by atoms with van der Waals surface area (Å²) in [6.45, 7) is 4.46. The van der Waals surface area contributed by atoms with Gasteiger partial charge in [-0.15, -0.1) is 0 Å². The van der Waals surface area contributed by atoms with E-state index < -0.39 is 0 Å². The Morgan fingerprint density at radius 3 is 2.60 bits per heavy atom. The lowest BCUT2D eigenvalue weighted by molar-refractivity contribution is -0.140. The van der Waals surface area contributed by atoms with E-state index >= 15 is 0 Å². The highest BCUT2D eigenvalue weighted by atomic mass is 16.5. The molecule has 0 N–H and O–H groups in total. The zero-order valence-electron chi connectivity index (χ0n) is 11.6. The number of rotatable bonds is 2.